The summed E-state index contributed by atoms with van der Waals surface area (Å²) in [6.45, 7) is 2.24. The zero-order valence-corrected chi connectivity index (χ0v) is 20.1. The number of hydrogen-bond acceptors (Lipinski definition) is 6. The van der Waals surface area contributed by atoms with Crippen LogP contribution in [0.2, 0.25) is 0 Å². The molecule has 9 nitrogen and oxygen atoms in total. The van der Waals surface area contributed by atoms with E-state index in [-0.39, 0.29) is 17.9 Å². The summed E-state index contributed by atoms with van der Waals surface area (Å²) < 4.78 is 18.0. The Morgan fingerprint density at radius 2 is 1.70 bits per heavy atom. The fraction of sp³-hybridized carbons (Fsp3) is 0.259. The number of nitrogens with zero attached hydrogens (tertiary/aromatic N) is 7. The predicted octanol–water partition coefficient (Wildman–Crippen LogP) is 2.93. The van der Waals surface area contributed by atoms with E-state index < -0.39 is 5.60 Å². The van der Waals surface area contributed by atoms with Crippen LogP contribution < -0.4 is 5.56 Å². The van der Waals surface area contributed by atoms with Crippen LogP contribution in [-0.4, -0.2) is 57.8 Å². The van der Waals surface area contributed by atoms with Gasteiger partial charge in [-0.15, -0.1) is 0 Å². The van der Waals surface area contributed by atoms with Crippen LogP contribution >= 0.6 is 0 Å². The van der Waals surface area contributed by atoms with E-state index in [4.69, 9.17) is 0 Å². The average Bonchev–Trinajstić information content (AvgIpc) is 3.60. The molecule has 1 saturated heterocycles. The lowest BCUT2D eigenvalue weighted by atomic mass is 9.91. The van der Waals surface area contributed by atoms with Gasteiger partial charge in [-0.2, -0.15) is 10.2 Å². The maximum Gasteiger partial charge on any atom is 0.264 e. The third kappa shape index (κ3) is 4.68. The van der Waals surface area contributed by atoms with Gasteiger partial charge in [-0.3, -0.25) is 14.3 Å². The molecular formula is C27H26FN7O2. The summed E-state index contributed by atoms with van der Waals surface area (Å²) in [5.74, 6) is -0.248. The minimum atomic E-state index is -1.00. The van der Waals surface area contributed by atoms with Crippen molar-refractivity contribution in [2.75, 3.05) is 13.1 Å². The van der Waals surface area contributed by atoms with E-state index in [0.717, 1.165) is 16.9 Å². The summed E-state index contributed by atoms with van der Waals surface area (Å²) in [5.41, 5.74) is 1.96. The van der Waals surface area contributed by atoms with E-state index >= 15 is 0 Å². The highest BCUT2D eigenvalue weighted by atomic mass is 19.1. The van der Waals surface area contributed by atoms with E-state index in [2.05, 4.69) is 20.1 Å². The van der Waals surface area contributed by atoms with Crippen molar-refractivity contribution in [1.29, 1.82) is 0 Å². The molecule has 4 heterocycles. The number of rotatable bonds is 6. The first-order valence-electron chi connectivity index (χ1n) is 12.2. The van der Waals surface area contributed by atoms with Crippen LogP contribution in [0, 0.1) is 5.82 Å². The van der Waals surface area contributed by atoms with Gasteiger partial charge in [0.1, 0.15) is 17.5 Å². The number of piperidine rings is 1. The van der Waals surface area contributed by atoms with Gasteiger partial charge in [-0.1, -0.05) is 12.1 Å². The summed E-state index contributed by atoms with van der Waals surface area (Å²) in [6, 6.07) is 16.0. The second-order valence-corrected chi connectivity index (χ2v) is 9.57. The summed E-state index contributed by atoms with van der Waals surface area (Å²) in [5, 5.41) is 20.3. The highest BCUT2D eigenvalue weighted by Gasteiger charge is 2.33. The second-order valence-electron chi connectivity index (χ2n) is 9.57. The van der Waals surface area contributed by atoms with Crippen LogP contribution in [-0.2, 0) is 13.1 Å². The maximum atomic E-state index is 13.2. The van der Waals surface area contributed by atoms with Crippen molar-refractivity contribution in [1.82, 2.24) is 34.0 Å². The minimum absolute atomic E-state index is 0.170. The molecule has 0 unspecified atom stereocenters. The lowest BCUT2D eigenvalue weighted by Crippen LogP contribution is -2.47. The highest BCUT2D eigenvalue weighted by Crippen LogP contribution is 2.25. The van der Waals surface area contributed by atoms with E-state index in [0.29, 0.717) is 43.5 Å². The second kappa shape index (κ2) is 9.38. The fourth-order valence-corrected chi connectivity index (χ4v) is 4.87. The van der Waals surface area contributed by atoms with Crippen LogP contribution in [0.4, 0.5) is 4.39 Å². The summed E-state index contributed by atoms with van der Waals surface area (Å²) >= 11 is 0. The van der Waals surface area contributed by atoms with E-state index in [9.17, 15) is 14.3 Å². The number of halogens is 1. The molecular weight excluding hydrogens is 473 g/mol. The lowest BCUT2D eigenvalue weighted by molar-refractivity contribution is -0.0364. The molecule has 37 heavy (non-hydrogen) atoms. The van der Waals surface area contributed by atoms with Crippen LogP contribution in [0.1, 0.15) is 18.4 Å². The quantitative estimate of drug-likeness (QED) is 0.386. The third-order valence-corrected chi connectivity index (χ3v) is 6.99. The molecule has 0 saturated carbocycles. The van der Waals surface area contributed by atoms with Crippen molar-refractivity contribution in [2.45, 2.75) is 31.5 Å². The molecule has 0 aliphatic carbocycles. The van der Waals surface area contributed by atoms with Gasteiger partial charge in [-0.05, 0) is 60.9 Å². The average molecular weight is 500 g/mol. The van der Waals surface area contributed by atoms with Gasteiger partial charge in [0.2, 0.25) is 0 Å². The molecule has 0 radical (unpaired) electrons. The first-order valence-corrected chi connectivity index (χ1v) is 12.2. The molecule has 1 N–H and O–H groups in total. The van der Waals surface area contributed by atoms with Gasteiger partial charge in [0.05, 0.1) is 29.7 Å². The molecule has 3 aromatic heterocycles. The number of aromatic nitrogens is 6. The first kappa shape index (κ1) is 23.3. The van der Waals surface area contributed by atoms with Gasteiger partial charge in [0.15, 0.2) is 5.65 Å². The van der Waals surface area contributed by atoms with Crippen LogP contribution in [0.15, 0.2) is 84.3 Å². The number of benzene rings is 2. The van der Waals surface area contributed by atoms with Crippen molar-refractivity contribution in [2.24, 2.45) is 0 Å². The van der Waals surface area contributed by atoms with Crippen molar-refractivity contribution >= 4 is 11.0 Å². The van der Waals surface area contributed by atoms with E-state index in [1.54, 1.807) is 27.7 Å². The minimum Gasteiger partial charge on any atom is -0.388 e. The molecule has 0 amide bonds. The smallest absolute Gasteiger partial charge is 0.264 e. The summed E-state index contributed by atoms with van der Waals surface area (Å²) in [7, 11) is 0. The van der Waals surface area contributed by atoms with Crippen molar-refractivity contribution in [3.63, 3.8) is 0 Å². The monoisotopic (exact) mass is 499 g/mol. The third-order valence-electron chi connectivity index (χ3n) is 6.99. The molecule has 0 atom stereocenters. The molecule has 0 bridgehead atoms. The normalized spacial score (nSPS) is 15.8. The zero-order chi connectivity index (χ0) is 25.4. The molecule has 188 valence electrons. The van der Waals surface area contributed by atoms with Gasteiger partial charge < -0.3 is 5.11 Å². The Morgan fingerprint density at radius 3 is 2.41 bits per heavy atom. The molecule has 6 rings (SSSR count). The Bertz CT molecular complexity index is 1570. The van der Waals surface area contributed by atoms with E-state index in [1.165, 1.54) is 29.2 Å². The number of hydrogen-bond donors (Lipinski definition) is 1. The highest BCUT2D eigenvalue weighted by molar-refractivity contribution is 5.75. The van der Waals surface area contributed by atoms with Crippen molar-refractivity contribution in [3.8, 4) is 11.4 Å². The molecule has 10 heteroatoms. The van der Waals surface area contributed by atoms with Crippen LogP contribution in [0.5, 0.6) is 0 Å². The van der Waals surface area contributed by atoms with E-state index in [1.807, 2.05) is 36.5 Å². The Balaban J connectivity index is 1.16. The molecule has 0 spiro atoms. The number of likely N-dealkylation sites (tertiary alicyclic amines) is 1. The Hall–Kier alpha value is -4.15. The summed E-state index contributed by atoms with van der Waals surface area (Å²) in [6.07, 6.45) is 7.66. The Kier molecular flexibility index (Phi) is 5.90. The van der Waals surface area contributed by atoms with Crippen LogP contribution in [0.3, 0.4) is 0 Å². The molecule has 1 aliphatic heterocycles. The van der Waals surface area contributed by atoms with Gasteiger partial charge in [-0.25, -0.2) is 18.7 Å². The zero-order valence-electron chi connectivity index (χ0n) is 20.1. The fourth-order valence-electron chi connectivity index (χ4n) is 4.87. The van der Waals surface area contributed by atoms with Gasteiger partial charge in [0.25, 0.3) is 5.56 Å². The molecule has 1 fully saturated rings. The maximum absolute atomic E-state index is 13.2. The van der Waals surface area contributed by atoms with Crippen molar-refractivity contribution in [3.05, 3.63) is 101 Å². The summed E-state index contributed by atoms with van der Waals surface area (Å²) in [4.78, 5) is 20.0. The molecule has 2 aromatic carbocycles. The molecule has 5 aromatic rings. The Morgan fingerprint density at radius 1 is 0.973 bits per heavy atom. The SMILES string of the molecule is O=c1c2cnn(-c3ccc(-n4cccn4)cc3)c2ncn1CC1(O)CCN(Cc2ccc(F)cc2)CC1. The van der Waals surface area contributed by atoms with Crippen molar-refractivity contribution < 1.29 is 9.50 Å². The largest absolute Gasteiger partial charge is 0.388 e. The number of aliphatic hydroxyl groups is 1. The topological polar surface area (TPSA) is 94.0 Å². The first-order chi connectivity index (χ1) is 18.0. The van der Waals surface area contributed by atoms with Gasteiger partial charge >= 0.3 is 0 Å². The predicted molar refractivity (Wildman–Crippen MR) is 136 cm³/mol. The van der Waals surface area contributed by atoms with Crippen LogP contribution in [0.25, 0.3) is 22.4 Å². The standard InChI is InChI=1S/C27H26FN7O2/c28-21-4-2-20(3-5-21)17-32-14-10-27(37,11-15-32)18-33-19-29-25-24(26(33)36)16-31-35(25)23-8-6-22(7-9-23)34-13-1-12-30-34/h1-9,12-13,16,19,37H,10-11,14-15,17-18H2. The van der Waals surface area contributed by atoms with Gasteiger partial charge in [0, 0.05) is 32.0 Å². The Labute approximate surface area is 212 Å². The lowest BCUT2D eigenvalue weighted by Gasteiger charge is -2.38. The molecule has 1 aliphatic rings. The number of fused-ring (bicyclic) bond motifs is 1.